The fraction of sp³-hybridized carbons (Fsp3) is 0.200. The minimum Gasteiger partial charge on any atom is -0.289 e. The zero-order chi connectivity index (χ0) is 23.0. The molecule has 0 amide bonds. The Kier molecular flexibility index (Phi) is 6.96. The smallest absolute Gasteiger partial charge is 0.0501 e. The van der Waals surface area contributed by atoms with Gasteiger partial charge in [0.2, 0.25) is 0 Å². The molecular weight excluding hydrogens is 416 g/mol. The summed E-state index contributed by atoms with van der Waals surface area (Å²) in [6.07, 6.45) is 15.8. The molecule has 4 heteroatoms. The zero-order valence-electron chi connectivity index (χ0n) is 19.2. The van der Waals surface area contributed by atoms with Gasteiger partial charge in [-0.3, -0.25) is 20.0 Å². The van der Waals surface area contributed by atoms with E-state index < -0.39 is 0 Å². The highest BCUT2D eigenvalue weighted by atomic mass is 14.8. The molecule has 0 atom stereocenters. The van der Waals surface area contributed by atoms with E-state index >= 15 is 0 Å². The summed E-state index contributed by atoms with van der Waals surface area (Å²) in [5, 5.41) is 0. The molecule has 0 bridgehead atoms. The predicted octanol–water partition coefficient (Wildman–Crippen LogP) is 6.66. The molecule has 0 N–H and O–H groups in total. The van der Waals surface area contributed by atoms with Crippen LogP contribution in [0.3, 0.4) is 0 Å². The second-order valence-electron chi connectivity index (χ2n) is 8.75. The van der Waals surface area contributed by atoms with Crippen LogP contribution in [0.1, 0.15) is 36.8 Å². The number of nitrogens with zero attached hydrogens (tertiary/aromatic N) is 4. The fourth-order valence-corrected chi connectivity index (χ4v) is 4.33. The fourth-order valence-electron chi connectivity index (χ4n) is 4.33. The van der Waals surface area contributed by atoms with Crippen LogP contribution >= 0.6 is 0 Å². The van der Waals surface area contributed by atoms with Gasteiger partial charge in [-0.25, -0.2) is 0 Å². The highest BCUT2D eigenvalue weighted by molar-refractivity contribution is 5.82. The second kappa shape index (κ2) is 10.8. The summed E-state index contributed by atoms with van der Waals surface area (Å²) in [5.74, 6) is 0. The minimum atomic E-state index is 0.392. The van der Waals surface area contributed by atoms with E-state index in [0.29, 0.717) is 12.1 Å². The first-order chi connectivity index (χ1) is 16.8. The number of pyridine rings is 2. The Balaban J connectivity index is 1.11. The van der Waals surface area contributed by atoms with Gasteiger partial charge in [0, 0.05) is 37.2 Å². The molecule has 2 heterocycles. The Morgan fingerprint density at radius 1 is 0.529 bits per heavy atom. The third kappa shape index (κ3) is 5.70. The maximum absolute atomic E-state index is 4.85. The number of hydrogen-bond acceptors (Lipinski definition) is 4. The van der Waals surface area contributed by atoms with Gasteiger partial charge in [0.25, 0.3) is 0 Å². The average molecular weight is 445 g/mol. The number of aromatic nitrogens is 2. The summed E-state index contributed by atoms with van der Waals surface area (Å²) in [6.45, 7) is 0. The molecule has 1 aliphatic rings. The van der Waals surface area contributed by atoms with Crippen molar-refractivity contribution in [1.29, 1.82) is 0 Å². The van der Waals surface area contributed by atoms with E-state index in [1.807, 2.05) is 37.0 Å². The van der Waals surface area contributed by atoms with Crippen molar-refractivity contribution in [3.05, 3.63) is 109 Å². The van der Waals surface area contributed by atoms with Crippen LogP contribution in [0, 0.1) is 0 Å². The Bertz CT molecular complexity index is 1120. The Labute approximate surface area is 201 Å². The minimum absolute atomic E-state index is 0.392. The van der Waals surface area contributed by atoms with Gasteiger partial charge < -0.3 is 0 Å². The molecule has 0 spiro atoms. The highest BCUT2D eigenvalue weighted by Gasteiger charge is 2.19. The number of rotatable bonds is 6. The van der Waals surface area contributed by atoms with E-state index in [9.17, 15) is 0 Å². The topological polar surface area (TPSA) is 50.5 Å². The third-order valence-electron chi connectivity index (χ3n) is 6.35. The Morgan fingerprint density at radius 2 is 0.941 bits per heavy atom. The molecule has 1 aliphatic carbocycles. The summed E-state index contributed by atoms with van der Waals surface area (Å²) < 4.78 is 0. The van der Waals surface area contributed by atoms with Crippen molar-refractivity contribution in [2.24, 2.45) is 9.98 Å². The SMILES string of the molecule is C(=NC1CCC(N=Cc2ccc(-c3cccnc3)cc2)CC1)c1ccc(-c2cccnc2)cc1. The van der Waals surface area contributed by atoms with E-state index in [4.69, 9.17) is 9.98 Å². The van der Waals surface area contributed by atoms with Gasteiger partial charge in [0.05, 0.1) is 12.1 Å². The summed E-state index contributed by atoms with van der Waals surface area (Å²) in [5.41, 5.74) is 6.90. The molecule has 0 saturated heterocycles. The average Bonchev–Trinajstić information content (AvgIpc) is 2.93. The molecule has 2 aromatic carbocycles. The van der Waals surface area contributed by atoms with Crippen LogP contribution in [-0.2, 0) is 0 Å². The van der Waals surface area contributed by atoms with Crippen molar-refractivity contribution in [3.63, 3.8) is 0 Å². The summed E-state index contributed by atoms with van der Waals surface area (Å²) >= 11 is 0. The van der Waals surface area contributed by atoms with Gasteiger partial charge in [0.1, 0.15) is 0 Å². The van der Waals surface area contributed by atoms with Crippen molar-refractivity contribution in [1.82, 2.24) is 9.97 Å². The first-order valence-electron chi connectivity index (χ1n) is 11.9. The maximum Gasteiger partial charge on any atom is 0.0501 e. The van der Waals surface area contributed by atoms with Crippen molar-refractivity contribution in [2.75, 3.05) is 0 Å². The first-order valence-corrected chi connectivity index (χ1v) is 11.9. The zero-order valence-corrected chi connectivity index (χ0v) is 19.2. The predicted molar refractivity (Wildman–Crippen MR) is 141 cm³/mol. The molecule has 168 valence electrons. The molecule has 0 aliphatic heterocycles. The quantitative estimate of drug-likeness (QED) is 0.312. The summed E-state index contributed by atoms with van der Waals surface area (Å²) in [4.78, 5) is 18.1. The van der Waals surface area contributed by atoms with Crippen LogP contribution in [0.25, 0.3) is 22.3 Å². The molecule has 4 nitrogen and oxygen atoms in total. The monoisotopic (exact) mass is 444 g/mol. The van der Waals surface area contributed by atoms with Gasteiger partial charge in [0.15, 0.2) is 0 Å². The molecule has 4 aromatic rings. The van der Waals surface area contributed by atoms with Crippen LogP contribution in [-0.4, -0.2) is 34.5 Å². The lowest BCUT2D eigenvalue weighted by molar-refractivity contribution is 0.399. The van der Waals surface area contributed by atoms with Crippen LogP contribution in [0.4, 0.5) is 0 Å². The normalized spacial score (nSPS) is 18.5. The van der Waals surface area contributed by atoms with E-state index in [-0.39, 0.29) is 0 Å². The molecule has 5 rings (SSSR count). The number of aliphatic imine (C=N–C) groups is 2. The standard InChI is InChI=1S/C30H28N4/c1-3-27(21-31-17-1)25-9-5-23(6-10-25)19-33-29-13-15-30(16-14-29)34-20-24-7-11-26(12-8-24)28-4-2-18-32-22-28/h1-12,17-22,29-30H,13-16H2. The largest absolute Gasteiger partial charge is 0.289 e. The van der Waals surface area contributed by atoms with Gasteiger partial charge in [-0.15, -0.1) is 0 Å². The van der Waals surface area contributed by atoms with Gasteiger partial charge >= 0.3 is 0 Å². The Morgan fingerprint density at radius 3 is 1.29 bits per heavy atom. The molecule has 2 aromatic heterocycles. The number of hydrogen-bond donors (Lipinski definition) is 0. The molecule has 1 fully saturated rings. The number of benzene rings is 2. The van der Waals surface area contributed by atoms with E-state index in [0.717, 1.165) is 47.9 Å². The van der Waals surface area contributed by atoms with Crippen molar-refractivity contribution in [2.45, 2.75) is 37.8 Å². The third-order valence-corrected chi connectivity index (χ3v) is 6.35. The van der Waals surface area contributed by atoms with Crippen LogP contribution in [0.5, 0.6) is 0 Å². The van der Waals surface area contributed by atoms with E-state index in [1.165, 1.54) is 11.1 Å². The lowest BCUT2D eigenvalue weighted by Crippen LogP contribution is -2.20. The van der Waals surface area contributed by atoms with Gasteiger partial charge in [-0.1, -0.05) is 60.7 Å². The molecular formula is C30H28N4. The molecule has 34 heavy (non-hydrogen) atoms. The van der Waals surface area contributed by atoms with E-state index in [2.05, 4.69) is 70.6 Å². The lowest BCUT2D eigenvalue weighted by Gasteiger charge is -2.23. The van der Waals surface area contributed by atoms with Crippen molar-refractivity contribution >= 4 is 12.4 Å². The van der Waals surface area contributed by atoms with Gasteiger partial charge in [-0.2, -0.15) is 0 Å². The van der Waals surface area contributed by atoms with E-state index in [1.54, 1.807) is 12.4 Å². The van der Waals surface area contributed by atoms with Crippen LogP contribution in [0.2, 0.25) is 0 Å². The first kappa shape index (κ1) is 21.9. The molecule has 0 unspecified atom stereocenters. The molecule has 1 saturated carbocycles. The molecule has 0 radical (unpaired) electrons. The lowest BCUT2D eigenvalue weighted by atomic mass is 9.92. The summed E-state index contributed by atoms with van der Waals surface area (Å²) in [6, 6.07) is 25.9. The Hall–Kier alpha value is -3.92. The second-order valence-corrected chi connectivity index (χ2v) is 8.75. The van der Waals surface area contributed by atoms with Crippen molar-refractivity contribution < 1.29 is 0 Å². The van der Waals surface area contributed by atoms with Crippen LogP contribution < -0.4 is 0 Å². The van der Waals surface area contributed by atoms with Crippen LogP contribution in [0.15, 0.2) is 108 Å². The maximum atomic E-state index is 4.85. The van der Waals surface area contributed by atoms with Gasteiger partial charge in [-0.05, 0) is 71.2 Å². The highest BCUT2D eigenvalue weighted by Crippen LogP contribution is 2.24. The summed E-state index contributed by atoms with van der Waals surface area (Å²) in [7, 11) is 0. The van der Waals surface area contributed by atoms with Crippen molar-refractivity contribution in [3.8, 4) is 22.3 Å².